The van der Waals surface area contributed by atoms with Crippen LogP contribution in [0.3, 0.4) is 0 Å². The number of ether oxygens (including phenoxy) is 1. The van der Waals surface area contributed by atoms with E-state index in [1.807, 2.05) is 13.8 Å². The number of benzene rings is 1. The highest BCUT2D eigenvalue weighted by Gasteiger charge is 2.23. The Labute approximate surface area is 160 Å². The average Bonchev–Trinajstić information content (AvgIpc) is 2.95. The van der Waals surface area contributed by atoms with Crippen molar-refractivity contribution in [2.45, 2.75) is 27.2 Å². The van der Waals surface area contributed by atoms with Gasteiger partial charge in [0.2, 0.25) is 5.91 Å². The highest BCUT2D eigenvalue weighted by atomic mass is 32.1. The SMILES string of the molecule is CCOC(=O)c1c(NC(=O)C=Cc2cccc([N+](=O)[O-])c2)sc(C)c1CC. The third-order valence-corrected chi connectivity index (χ3v) is 4.85. The molecule has 0 saturated heterocycles. The Balaban J connectivity index is 2.21. The number of nitro groups is 1. The Morgan fingerprint density at radius 3 is 2.70 bits per heavy atom. The minimum Gasteiger partial charge on any atom is -0.462 e. The van der Waals surface area contributed by atoms with E-state index >= 15 is 0 Å². The minimum absolute atomic E-state index is 0.0522. The Morgan fingerprint density at radius 1 is 1.33 bits per heavy atom. The number of hydrogen-bond donors (Lipinski definition) is 1. The molecule has 0 spiro atoms. The molecule has 0 saturated carbocycles. The lowest BCUT2D eigenvalue weighted by atomic mass is 10.1. The number of esters is 1. The van der Waals surface area contributed by atoms with Crippen LogP contribution in [-0.2, 0) is 16.0 Å². The van der Waals surface area contributed by atoms with Crippen LogP contribution in [0.4, 0.5) is 10.7 Å². The van der Waals surface area contributed by atoms with Gasteiger partial charge in [0.1, 0.15) is 5.00 Å². The number of rotatable bonds is 7. The lowest BCUT2D eigenvalue weighted by Gasteiger charge is -2.06. The topological polar surface area (TPSA) is 98.5 Å². The van der Waals surface area contributed by atoms with Crippen LogP contribution < -0.4 is 5.32 Å². The number of nitrogens with one attached hydrogen (secondary N) is 1. The van der Waals surface area contributed by atoms with Gasteiger partial charge in [-0.3, -0.25) is 14.9 Å². The molecule has 1 heterocycles. The molecular formula is C19H20N2O5S. The van der Waals surface area contributed by atoms with Crippen molar-refractivity contribution in [2.75, 3.05) is 11.9 Å². The van der Waals surface area contributed by atoms with Crippen molar-refractivity contribution in [1.29, 1.82) is 0 Å². The summed E-state index contributed by atoms with van der Waals surface area (Å²) >= 11 is 1.32. The summed E-state index contributed by atoms with van der Waals surface area (Å²) in [5.74, 6) is -0.896. The van der Waals surface area contributed by atoms with Crippen LogP contribution in [0.2, 0.25) is 0 Å². The fraction of sp³-hybridized carbons (Fsp3) is 0.263. The number of nitro benzene ring substituents is 1. The molecule has 0 atom stereocenters. The summed E-state index contributed by atoms with van der Waals surface area (Å²) in [5, 5.41) is 14.0. The molecule has 0 aliphatic rings. The van der Waals surface area contributed by atoms with E-state index in [9.17, 15) is 19.7 Å². The van der Waals surface area contributed by atoms with E-state index in [-0.39, 0.29) is 12.3 Å². The van der Waals surface area contributed by atoms with Crippen LogP contribution in [0.25, 0.3) is 6.08 Å². The molecule has 0 unspecified atom stereocenters. The van der Waals surface area contributed by atoms with Crippen molar-refractivity contribution in [1.82, 2.24) is 0 Å². The highest BCUT2D eigenvalue weighted by molar-refractivity contribution is 7.16. The molecule has 1 N–H and O–H groups in total. The predicted molar refractivity (Wildman–Crippen MR) is 105 cm³/mol. The Kier molecular flexibility index (Phi) is 6.84. The summed E-state index contributed by atoms with van der Waals surface area (Å²) < 4.78 is 5.11. The molecule has 0 bridgehead atoms. The zero-order valence-electron chi connectivity index (χ0n) is 15.3. The fourth-order valence-corrected chi connectivity index (χ4v) is 3.72. The lowest BCUT2D eigenvalue weighted by molar-refractivity contribution is -0.384. The van der Waals surface area contributed by atoms with Gasteiger partial charge in [0.25, 0.3) is 5.69 Å². The minimum atomic E-state index is -0.496. The smallest absolute Gasteiger partial charge is 0.341 e. The van der Waals surface area contributed by atoms with Gasteiger partial charge in [-0.05, 0) is 37.5 Å². The Hall–Kier alpha value is -3.00. The molecule has 142 valence electrons. The average molecular weight is 388 g/mol. The van der Waals surface area contributed by atoms with Gasteiger partial charge < -0.3 is 10.1 Å². The van der Waals surface area contributed by atoms with Crippen molar-refractivity contribution in [3.63, 3.8) is 0 Å². The molecule has 1 aromatic heterocycles. The number of hydrogen-bond acceptors (Lipinski definition) is 6. The fourth-order valence-electron chi connectivity index (χ4n) is 2.58. The number of amides is 1. The molecule has 1 amide bonds. The molecule has 0 fully saturated rings. The third-order valence-electron chi connectivity index (χ3n) is 3.79. The van der Waals surface area contributed by atoms with Crippen LogP contribution in [0, 0.1) is 17.0 Å². The van der Waals surface area contributed by atoms with Gasteiger partial charge in [-0.15, -0.1) is 11.3 Å². The molecule has 27 heavy (non-hydrogen) atoms. The number of aryl methyl sites for hydroxylation is 1. The maximum Gasteiger partial charge on any atom is 0.341 e. The number of carbonyl (C=O) groups is 2. The van der Waals surface area contributed by atoms with Gasteiger partial charge >= 0.3 is 5.97 Å². The largest absolute Gasteiger partial charge is 0.462 e. The van der Waals surface area contributed by atoms with Gasteiger partial charge in [0.05, 0.1) is 17.1 Å². The van der Waals surface area contributed by atoms with Gasteiger partial charge in [0, 0.05) is 23.1 Å². The Bertz CT molecular complexity index is 902. The first-order valence-electron chi connectivity index (χ1n) is 8.40. The molecular weight excluding hydrogens is 368 g/mol. The standard InChI is InChI=1S/C19H20N2O5S/c1-4-15-12(3)27-18(17(15)19(23)26-5-2)20-16(22)10-9-13-7-6-8-14(11-13)21(24)25/h6-11H,4-5H2,1-3H3,(H,20,22). The summed E-state index contributed by atoms with van der Waals surface area (Å²) in [5.41, 5.74) is 1.72. The normalized spacial score (nSPS) is 10.8. The molecule has 1 aromatic carbocycles. The van der Waals surface area contributed by atoms with E-state index in [0.717, 1.165) is 10.4 Å². The molecule has 7 nitrogen and oxygen atoms in total. The summed E-state index contributed by atoms with van der Waals surface area (Å²) in [6.45, 7) is 5.80. The van der Waals surface area contributed by atoms with E-state index in [1.54, 1.807) is 19.1 Å². The molecule has 2 aromatic rings. The second-order valence-corrected chi connectivity index (χ2v) is 6.81. The second kappa shape index (κ2) is 9.09. The maximum absolute atomic E-state index is 12.3. The number of anilines is 1. The van der Waals surface area contributed by atoms with Crippen LogP contribution >= 0.6 is 11.3 Å². The van der Waals surface area contributed by atoms with Crippen molar-refractivity contribution in [3.8, 4) is 0 Å². The van der Waals surface area contributed by atoms with Gasteiger partial charge in [0.15, 0.2) is 0 Å². The molecule has 0 radical (unpaired) electrons. The molecule has 2 rings (SSSR count). The summed E-state index contributed by atoms with van der Waals surface area (Å²) in [7, 11) is 0. The van der Waals surface area contributed by atoms with Gasteiger partial charge in [-0.25, -0.2) is 4.79 Å². The lowest BCUT2D eigenvalue weighted by Crippen LogP contribution is -2.13. The second-order valence-electron chi connectivity index (χ2n) is 5.59. The number of thiophene rings is 1. The van der Waals surface area contributed by atoms with E-state index < -0.39 is 16.8 Å². The molecule has 0 aliphatic heterocycles. The number of carbonyl (C=O) groups excluding carboxylic acids is 2. The first kappa shape index (κ1) is 20.3. The zero-order chi connectivity index (χ0) is 20.0. The van der Waals surface area contributed by atoms with E-state index in [0.29, 0.717) is 22.5 Å². The van der Waals surface area contributed by atoms with Crippen LogP contribution in [-0.4, -0.2) is 23.4 Å². The predicted octanol–water partition coefficient (Wildman–Crippen LogP) is 4.36. The van der Waals surface area contributed by atoms with Crippen molar-refractivity contribution in [2.24, 2.45) is 0 Å². The highest BCUT2D eigenvalue weighted by Crippen LogP contribution is 2.34. The molecule has 0 aliphatic carbocycles. The molecule has 8 heteroatoms. The van der Waals surface area contributed by atoms with Crippen molar-refractivity contribution in [3.05, 3.63) is 62.0 Å². The Morgan fingerprint density at radius 2 is 2.07 bits per heavy atom. The number of nitrogens with zero attached hydrogens (tertiary/aromatic N) is 1. The quantitative estimate of drug-likeness (QED) is 0.329. The van der Waals surface area contributed by atoms with Gasteiger partial charge in [-0.1, -0.05) is 19.1 Å². The van der Waals surface area contributed by atoms with Gasteiger partial charge in [-0.2, -0.15) is 0 Å². The summed E-state index contributed by atoms with van der Waals surface area (Å²) in [4.78, 5) is 35.8. The third kappa shape index (κ3) is 5.01. The van der Waals surface area contributed by atoms with E-state index in [1.165, 1.54) is 35.6 Å². The summed E-state index contributed by atoms with van der Waals surface area (Å²) in [6, 6.07) is 5.96. The monoisotopic (exact) mass is 388 g/mol. The van der Waals surface area contributed by atoms with Crippen LogP contribution in [0.15, 0.2) is 30.3 Å². The zero-order valence-corrected chi connectivity index (χ0v) is 16.1. The van der Waals surface area contributed by atoms with E-state index in [4.69, 9.17) is 4.74 Å². The number of non-ortho nitro benzene ring substituents is 1. The summed E-state index contributed by atoms with van der Waals surface area (Å²) in [6.07, 6.45) is 3.40. The maximum atomic E-state index is 12.3. The first-order valence-corrected chi connectivity index (χ1v) is 9.21. The first-order chi connectivity index (χ1) is 12.9. The van der Waals surface area contributed by atoms with Crippen molar-refractivity contribution < 1.29 is 19.2 Å². The van der Waals surface area contributed by atoms with Crippen LogP contribution in [0.5, 0.6) is 0 Å². The van der Waals surface area contributed by atoms with E-state index in [2.05, 4.69) is 5.32 Å². The van der Waals surface area contributed by atoms with Crippen LogP contribution in [0.1, 0.15) is 40.2 Å². The van der Waals surface area contributed by atoms with Crippen molar-refractivity contribution >= 4 is 40.0 Å².